The average Bonchev–Trinajstić information content (AvgIpc) is 2.77. The minimum atomic E-state index is -0.427. The number of nitrogens with two attached hydrogens (primary N) is 1. The summed E-state index contributed by atoms with van der Waals surface area (Å²) in [4.78, 5) is 12.1. The van der Waals surface area contributed by atoms with E-state index in [2.05, 4.69) is 5.10 Å². The van der Waals surface area contributed by atoms with Crippen LogP contribution in [-0.2, 0) is 4.74 Å². The number of aryl methyl sites for hydroxylation is 1. The van der Waals surface area contributed by atoms with Gasteiger partial charge in [0.25, 0.3) is 0 Å². The van der Waals surface area contributed by atoms with Gasteiger partial charge in [0.2, 0.25) is 0 Å². The fourth-order valence-corrected chi connectivity index (χ4v) is 2.67. The number of carbonyl (C=O) groups excluding carboxylic acids is 1. The fourth-order valence-electron chi connectivity index (χ4n) is 1.93. The minimum Gasteiger partial charge on any atom is -0.462 e. The number of thioether (sulfide) groups is 1. The normalized spacial score (nSPS) is 10.6. The van der Waals surface area contributed by atoms with E-state index >= 15 is 0 Å². The summed E-state index contributed by atoms with van der Waals surface area (Å²) in [5, 5.41) is 5.06. The van der Waals surface area contributed by atoms with Gasteiger partial charge in [0, 0.05) is 0 Å². The number of esters is 1. The third-order valence-corrected chi connectivity index (χ3v) is 3.78. The molecule has 2 rings (SSSR count). The van der Waals surface area contributed by atoms with Crippen molar-refractivity contribution < 1.29 is 9.53 Å². The predicted molar refractivity (Wildman–Crippen MR) is 85.1 cm³/mol. The standard InChI is InChI=1S/C15H19N3O2S/c1-4-20-15(19)12-13(16)18(17-14(12)21-5-2)11-8-6-10(3)7-9-11/h6-9H,4-5,16H2,1-3H3. The maximum Gasteiger partial charge on any atom is 0.344 e. The average molecular weight is 305 g/mol. The van der Waals surface area contributed by atoms with Crippen molar-refractivity contribution in [2.75, 3.05) is 18.1 Å². The zero-order valence-corrected chi connectivity index (χ0v) is 13.2. The molecule has 0 amide bonds. The van der Waals surface area contributed by atoms with E-state index in [4.69, 9.17) is 10.5 Å². The molecule has 0 fully saturated rings. The van der Waals surface area contributed by atoms with Gasteiger partial charge in [-0.15, -0.1) is 11.8 Å². The number of anilines is 1. The van der Waals surface area contributed by atoms with Crippen LogP contribution in [0.1, 0.15) is 29.8 Å². The van der Waals surface area contributed by atoms with Gasteiger partial charge in [0.05, 0.1) is 12.3 Å². The molecule has 1 heterocycles. The van der Waals surface area contributed by atoms with E-state index in [1.807, 2.05) is 38.1 Å². The maximum absolute atomic E-state index is 12.1. The van der Waals surface area contributed by atoms with E-state index in [1.54, 1.807) is 11.6 Å². The second-order valence-corrected chi connectivity index (χ2v) is 5.72. The number of rotatable bonds is 5. The largest absolute Gasteiger partial charge is 0.462 e. The summed E-state index contributed by atoms with van der Waals surface area (Å²) in [5.41, 5.74) is 8.45. The molecule has 0 bridgehead atoms. The van der Waals surface area contributed by atoms with Crippen LogP contribution in [-0.4, -0.2) is 28.1 Å². The molecule has 1 aromatic heterocycles. The van der Waals surface area contributed by atoms with Crippen LogP contribution >= 0.6 is 11.8 Å². The molecule has 5 nitrogen and oxygen atoms in total. The van der Waals surface area contributed by atoms with Crippen molar-refractivity contribution in [3.8, 4) is 5.69 Å². The van der Waals surface area contributed by atoms with Gasteiger partial charge in [-0.05, 0) is 31.7 Å². The fraction of sp³-hybridized carbons (Fsp3) is 0.333. The molecule has 0 atom stereocenters. The molecule has 0 saturated carbocycles. The molecule has 0 spiro atoms. The quantitative estimate of drug-likeness (QED) is 0.679. The van der Waals surface area contributed by atoms with Gasteiger partial charge in [-0.3, -0.25) is 0 Å². The van der Waals surface area contributed by atoms with Gasteiger partial charge in [-0.25, -0.2) is 9.48 Å². The molecule has 21 heavy (non-hydrogen) atoms. The number of aromatic nitrogens is 2. The number of nitrogens with zero attached hydrogens (tertiary/aromatic N) is 2. The summed E-state index contributed by atoms with van der Waals surface area (Å²) >= 11 is 1.48. The van der Waals surface area contributed by atoms with Gasteiger partial charge < -0.3 is 10.5 Å². The van der Waals surface area contributed by atoms with E-state index in [1.165, 1.54) is 11.8 Å². The van der Waals surface area contributed by atoms with E-state index < -0.39 is 5.97 Å². The topological polar surface area (TPSA) is 70.1 Å². The molecule has 6 heteroatoms. The van der Waals surface area contributed by atoms with Gasteiger partial charge in [-0.2, -0.15) is 5.10 Å². The van der Waals surface area contributed by atoms with Crippen molar-refractivity contribution in [3.05, 3.63) is 35.4 Å². The number of benzene rings is 1. The Morgan fingerprint density at radius 2 is 2.00 bits per heavy atom. The predicted octanol–water partition coefficient (Wildman–Crippen LogP) is 3.05. The molecular formula is C15H19N3O2S. The molecule has 0 radical (unpaired) electrons. The van der Waals surface area contributed by atoms with Crippen LogP contribution in [0.5, 0.6) is 0 Å². The monoisotopic (exact) mass is 305 g/mol. The Morgan fingerprint density at radius 3 is 2.57 bits per heavy atom. The van der Waals surface area contributed by atoms with Gasteiger partial charge in [0.1, 0.15) is 16.4 Å². The maximum atomic E-state index is 12.1. The molecule has 0 aliphatic heterocycles. The first kappa shape index (κ1) is 15.4. The number of ether oxygens (including phenoxy) is 1. The highest BCUT2D eigenvalue weighted by Crippen LogP contribution is 2.29. The van der Waals surface area contributed by atoms with E-state index in [0.717, 1.165) is 17.0 Å². The molecule has 2 aromatic rings. The second kappa shape index (κ2) is 6.67. The van der Waals surface area contributed by atoms with Gasteiger partial charge in [0.15, 0.2) is 0 Å². The molecule has 0 unspecified atom stereocenters. The van der Waals surface area contributed by atoms with Crippen LogP contribution < -0.4 is 5.73 Å². The lowest BCUT2D eigenvalue weighted by atomic mass is 10.2. The third kappa shape index (κ3) is 3.21. The van der Waals surface area contributed by atoms with Crippen molar-refractivity contribution in [1.29, 1.82) is 0 Å². The van der Waals surface area contributed by atoms with Crippen molar-refractivity contribution in [1.82, 2.24) is 9.78 Å². The second-order valence-electron chi connectivity index (χ2n) is 4.47. The van der Waals surface area contributed by atoms with Crippen LogP contribution in [0.4, 0.5) is 5.82 Å². The summed E-state index contributed by atoms with van der Waals surface area (Å²) < 4.78 is 6.67. The van der Waals surface area contributed by atoms with Crippen LogP contribution in [0.25, 0.3) is 5.69 Å². The highest BCUT2D eigenvalue weighted by Gasteiger charge is 2.23. The number of nitrogen functional groups attached to an aromatic ring is 1. The highest BCUT2D eigenvalue weighted by atomic mass is 32.2. The van der Waals surface area contributed by atoms with E-state index in [0.29, 0.717) is 23.0 Å². The van der Waals surface area contributed by atoms with Gasteiger partial charge in [-0.1, -0.05) is 24.6 Å². The van der Waals surface area contributed by atoms with Crippen molar-refractivity contribution in [2.45, 2.75) is 25.8 Å². The molecule has 0 saturated heterocycles. The van der Waals surface area contributed by atoms with Crippen molar-refractivity contribution in [2.24, 2.45) is 0 Å². The Bertz CT molecular complexity index is 635. The molecule has 0 aliphatic carbocycles. The van der Waals surface area contributed by atoms with Crippen molar-refractivity contribution in [3.63, 3.8) is 0 Å². The van der Waals surface area contributed by atoms with Crippen molar-refractivity contribution >= 4 is 23.5 Å². The molecule has 2 N–H and O–H groups in total. The summed E-state index contributed by atoms with van der Waals surface area (Å²) in [7, 11) is 0. The number of hydrogen-bond acceptors (Lipinski definition) is 5. The van der Waals surface area contributed by atoms with E-state index in [9.17, 15) is 4.79 Å². The Kier molecular flexibility index (Phi) is 4.90. The lowest BCUT2D eigenvalue weighted by Crippen LogP contribution is -2.09. The third-order valence-electron chi connectivity index (χ3n) is 2.93. The first-order chi connectivity index (χ1) is 10.1. The first-order valence-corrected chi connectivity index (χ1v) is 7.82. The zero-order chi connectivity index (χ0) is 15.4. The lowest BCUT2D eigenvalue weighted by Gasteiger charge is -2.05. The zero-order valence-electron chi connectivity index (χ0n) is 12.4. The summed E-state index contributed by atoms with van der Waals surface area (Å²) in [6.45, 7) is 6.09. The van der Waals surface area contributed by atoms with Crippen LogP contribution in [0.3, 0.4) is 0 Å². The smallest absolute Gasteiger partial charge is 0.344 e. The minimum absolute atomic E-state index is 0.310. The van der Waals surface area contributed by atoms with Crippen LogP contribution in [0.15, 0.2) is 29.3 Å². The van der Waals surface area contributed by atoms with Crippen LogP contribution in [0, 0.1) is 6.92 Å². The molecule has 0 aliphatic rings. The SMILES string of the molecule is CCOC(=O)c1c(SCC)nn(-c2ccc(C)cc2)c1N. The van der Waals surface area contributed by atoms with Crippen LogP contribution in [0.2, 0.25) is 0 Å². The lowest BCUT2D eigenvalue weighted by molar-refractivity contribution is 0.0523. The number of carbonyl (C=O) groups is 1. The molecular weight excluding hydrogens is 286 g/mol. The van der Waals surface area contributed by atoms with E-state index in [-0.39, 0.29) is 0 Å². The Balaban J connectivity index is 2.50. The molecule has 1 aromatic carbocycles. The first-order valence-electron chi connectivity index (χ1n) is 6.83. The molecule has 112 valence electrons. The van der Waals surface area contributed by atoms with Gasteiger partial charge >= 0.3 is 5.97 Å². The summed E-state index contributed by atoms with van der Waals surface area (Å²) in [5.74, 6) is 0.689. The number of hydrogen-bond donors (Lipinski definition) is 1. The highest BCUT2D eigenvalue weighted by molar-refractivity contribution is 7.99. The summed E-state index contributed by atoms with van der Waals surface area (Å²) in [6.07, 6.45) is 0. The Labute approximate surface area is 128 Å². The Hall–Kier alpha value is -1.95. The Morgan fingerprint density at radius 1 is 1.33 bits per heavy atom. The summed E-state index contributed by atoms with van der Waals surface area (Å²) in [6, 6.07) is 7.81.